The van der Waals surface area contributed by atoms with E-state index in [-0.39, 0.29) is 29.5 Å². The van der Waals surface area contributed by atoms with Crippen LogP contribution < -0.4 is 4.74 Å². The molecule has 8 heteroatoms. The first-order chi connectivity index (χ1) is 8.89. The molecule has 0 saturated carbocycles. The third-order valence-corrected chi connectivity index (χ3v) is 4.78. The lowest BCUT2D eigenvalue weighted by molar-refractivity contribution is -0.385. The van der Waals surface area contributed by atoms with Crippen molar-refractivity contribution in [2.45, 2.75) is 12.3 Å². The van der Waals surface area contributed by atoms with Crippen molar-refractivity contribution in [1.82, 2.24) is 0 Å². The SMILES string of the molecule is CCS(=O)(=O)CCOc1cc(CBr)ccc1[N+](=O)[O-]. The number of alkyl halides is 1. The zero-order chi connectivity index (χ0) is 14.5. The normalized spacial score (nSPS) is 11.3. The quantitative estimate of drug-likeness (QED) is 0.427. The molecule has 0 radical (unpaired) electrons. The van der Waals surface area contributed by atoms with Crippen LogP contribution in [0, 0.1) is 10.1 Å². The largest absolute Gasteiger partial charge is 0.486 e. The highest BCUT2D eigenvalue weighted by atomic mass is 79.9. The average molecular weight is 352 g/mol. The van der Waals surface area contributed by atoms with Gasteiger partial charge in [-0.3, -0.25) is 10.1 Å². The Hall–Kier alpha value is -1.15. The lowest BCUT2D eigenvalue weighted by Gasteiger charge is -2.08. The van der Waals surface area contributed by atoms with Crippen molar-refractivity contribution in [2.75, 3.05) is 18.1 Å². The predicted octanol–water partition coefficient (Wildman–Crippen LogP) is 2.30. The molecule has 1 aromatic rings. The van der Waals surface area contributed by atoms with Gasteiger partial charge in [0, 0.05) is 17.1 Å². The molecule has 0 N–H and O–H groups in total. The molecule has 0 fully saturated rings. The van der Waals surface area contributed by atoms with Crippen molar-refractivity contribution >= 4 is 31.5 Å². The van der Waals surface area contributed by atoms with Gasteiger partial charge in [0.1, 0.15) is 6.61 Å². The van der Waals surface area contributed by atoms with E-state index in [1.165, 1.54) is 12.1 Å². The molecule has 0 bridgehead atoms. The minimum atomic E-state index is -3.14. The highest BCUT2D eigenvalue weighted by Gasteiger charge is 2.16. The lowest BCUT2D eigenvalue weighted by Crippen LogP contribution is -2.16. The average Bonchev–Trinajstić information content (AvgIpc) is 2.38. The standard InChI is InChI=1S/C11H14BrNO5S/c1-2-19(16,17)6-5-18-11-7-9(8-12)3-4-10(11)13(14)15/h3-4,7H,2,5-6,8H2,1H3. The minimum Gasteiger partial charge on any atom is -0.486 e. The number of benzene rings is 1. The molecular weight excluding hydrogens is 338 g/mol. The summed E-state index contributed by atoms with van der Waals surface area (Å²) in [6.07, 6.45) is 0. The molecule has 0 amide bonds. The van der Waals surface area contributed by atoms with Crippen LogP contribution in [0.5, 0.6) is 5.75 Å². The van der Waals surface area contributed by atoms with Crippen LogP contribution in [0.3, 0.4) is 0 Å². The predicted molar refractivity (Wildman–Crippen MR) is 75.6 cm³/mol. The van der Waals surface area contributed by atoms with Crippen molar-refractivity contribution in [2.24, 2.45) is 0 Å². The Morgan fingerprint density at radius 2 is 2.11 bits per heavy atom. The molecule has 0 atom stereocenters. The molecule has 1 rings (SSSR count). The smallest absolute Gasteiger partial charge is 0.310 e. The van der Waals surface area contributed by atoms with Crippen LogP contribution in [0.4, 0.5) is 5.69 Å². The fraction of sp³-hybridized carbons (Fsp3) is 0.455. The summed E-state index contributed by atoms with van der Waals surface area (Å²) in [5, 5.41) is 11.4. The van der Waals surface area contributed by atoms with Crippen molar-refractivity contribution in [1.29, 1.82) is 0 Å². The maximum atomic E-state index is 11.3. The molecule has 0 heterocycles. The van der Waals surface area contributed by atoms with Gasteiger partial charge in [-0.2, -0.15) is 0 Å². The second kappa shape index (κ2) is 6.85. The molecule has 0 aliphatic carbocycles. The Kier molecular flexibility index (Phi) is 5.74. The summed E-state index contributed by atoms with van der Waals surface area (Å²) in [5.41, 5.74) is 0.651. The monoisotopic (exact) mass is 351 g/mol. The molecule has 0 aliphatic heterocycles. The Morgan fingerprint density at radius 3 is 2.63 bits per heavy atom. The molecule has 0 aromatic heterocycles. The molecule has 0 unspecified atom stereocenters. The van der Waals surface area contributed by atoms with E-state index in [2.05, 4.69) is 15.9 Å². The van der Waals surface area contributed by atoms with E-state index in [0.29, 0.717) is 5.33 Å². The second-order valence-electron chi connectivity index (χ2n) is 3.78. The van der Waals surface area contributed by atoms with Crippen molar-refractivity contribution in [3.63, 3.8) is 0 Å². The van der Waals surface area contributed by atoms with Gasteiger partial charge in [0.15, 0.2) is 15.6 Å². The van der Waals surface area contributed by atoms with Crippen molar-refractivity contribution < 1.29 is 18.1 Å². The summed E-state index contributed by atoms with van der Waals surface area (Å²) in [7, 11) is -3.14. The number of sulfone groups is 1. The van der Waals surface area contributed by atoms with Crippen LogP contribution in [0.25, 0.3) is 0 Å². The summed E-state index contributed by atoms with van der Waals surface area (Å²) in [6, 6.07) is 4.49. The van der Waals surface area contributed by atoms with Gasteiger partial charge in [0.2, 0.25) is 0 Å². The first kappa shape index (κ1) is 15.9. The van der Waals surface area contributed by atoms with Crippen molar-refractivity contribution in [3.8, 4) is 5.75 Å². The maximum absolute atomic E-state index is 11.3. The van der Waals surface area contributed by atoms with Crippen molar-refractivity contribution in [3.05, 3.63) is 33.9 Å². The first-order valence-electron chi connectivity index (χ1n) is 5.56. The topological polar surface area (TPSA) is 86.5 Å². The van der Waals surface area contributed by atoms with E-state index in [4.69, 9.17) is 4.74 Å². The van der Waals surface area contributed by atoms with E-state index < -0.39 is 14.8 Å². The summed E-state index contributed by atoms with van der Waals surface area (Å²) in [4.78, 5) is 10.3. The van der Waals surface area contributed by atoms with Crippen LogP contribution in [-0.2, 0) is 15.2 Å². The molecule has 106 valence electrons. The molecular formula is C11H14BrNO5S. The van der Waals surface area contributed by atoms with E-state index in [1.54, 1.807) is 13.0 Å². The molecule has 1 aromatic carbocycles. The van der Waals surface area contributed by atoms with E-state index in [9.17, 15) is 18.5 Å². The van der Waals surface area contributed by atoms with Gasteiger partial charge >= 0.3 is 5.69 Å². The third-order valence-electron chi connectivity index (χ3n) is 2.47. The number of hydrogen-bond acceptors (Lipinski definition) is 5. The van der Waals surface area contributed by atoms with E-state index >= 15 is 0 Å². The zero-order valence-corrected chi connectivity index (χ0v) is 12.7. The van der Waals surface area contributed by atoms with Crippen LogP contribution in [0.2, 0.25) is 0 Å². The number of nitro groups is 1. The molecule has 6 nitrogen and oxygen atoms in total. The van der Waals surface area contributed by atoms with E-state index in [0.717, 1.165) is 5.56 Å². The third kappa shape index (κ3) is 4.79. The van der Waals surface area contributed by atoms with Gasteiger partial charge < -0.3 is 4.74 Å². The molecule has 19 heavy (non-hydrogen) atoms. The Bertz CT molecular complexity index is 558. The number of nitrogens with zero attached hydrogens (tertiary/aromatic N) is 1. The Morgan fingerprint density at radius 1 is 1.42 bits per heavy atom. The summed E-state index contributed by atoms with van der Waals surface area (Å²) in [5.74, 6) is -0.0349. The molecule has 0 spiro atoms. The van der Waals surface area contributed by atoms with Gasteiger partial charge in [-0.25, -0.2) is 8.42 Å². The number of nitro benzene ring substituents is 1. The Balaban J connectivity index is 2.84. The van der Waals surface area contributed by atoms with Crippen LogP contribution in [0.15, 0.2) is 18.2 Å². The lowest BCUT2D eigenvalue weighted by atomic mass is 10.2. The molecule has 0 saturated heterocycles. The number of ether oxygens (including phenoxy) is 1. The fourth-order valence-electron chi connectivity index (χ4n) is 1.33. The highest BCUT2D eigenvalue weighted by Crippen LogP contribution is 2.28. The first-order valence-corrected chi connectivity index (χ1v) is 8.50. The highest BCUT2D eigenvalue weighted by molar-refractivity contribution is 9.08. The number of hydrogen-bond donors (Lipinski definition) is 0. The zero-order valence-electron chi connectivity index (χ0n) is 10.3. The number of rotatable bonds is 7. The van der Waals surface area contributed by atoms with Crippen LogP contribution in [0.1, 0.15) is 12.5 Å². The maximum Gasteiger partial charge on any atom is 0.310 e. The summed E-state index contributed by atoms with van der Waals surface area (Å²) >= 11 is 3.24. The van der Waals surface area contributed by atoms with Gasteiger partial charge in [0.05, 0.1) is 10.7 Å². The van der Waals surface area contributed by atoms with E-state index in [1.807, 2.05) is 0 Å². The Labute approximate surface area is 120 Å². The van der Waals surface area contributed by atoms with Gasteiger partial charge in [-0.05, 0) is 11.6 Å². The van der Waals surface area contributed by atoms with Crippen LogP contribution >= 0.6 is 15.9 Å². The second-order valence-corrected chi connectivity index (χ2v) is 6.81. The van der Waals surface area contributed by atoms with Gasteiger partial charge in [-0.15, -0.1) is 0 Å². The number of halogens is 1. The summed E-state index contributed by atoms with van der Waals surface area (Å²) < 4.78 is 27.9. The van der Waals surface area contributed by atoms with Gasteiger partial charge in [-0.1, -0.05) is 28.9 Å². The fourth-order valence-corrected chi connectivity index (χ4v) is 2.31. The van der Waals surface area contributed by atoms with Crippen LogP contribution in [-0.4, -0.2) is 31.5 Å². The minimum absolute atomic E-state index is 0.0277. The molecule has 0 aliphatic rings. The summed E-state index contributed by atoms with van der Waals surface area (Å²) in [6.45, 7) is 1.45. The van der Waals surface area contributed by atoms with Gasteiger partial charge in [0.25, 0.3) is 0 Å².